The first-order valence-electron chi connectivity index (χ1n) is 9.55. The van der Waals surface area contributed by atoms with Crippen LogP contribution in [0, 0.1) is 10.8 Å². The van der Waals surface area contributed by atoms with E-state index in [0.29, 0.717) is 10.8 Å². The number of fused-ring (bicyclic) bond motifs is 2. The zero-order valence-corrected chi connectivity index (χ0v) is 17.3. The fourth-order valence-corrected chi connectivity index (χ4v) is 5.12. The maximum absolute atomic E-state index is 12.9. The topological polar surface area (TPSA) is 58.6 Å². The van der Waals surface area contributed by atoms with Crippen LogP contribution in [0.5, 0.6) is 5.75 Å². The summed E-state index contributed by atoms with van der Waals surface area (Å²) >= 11 is 5.83. The Balaban J connectivity index is 1.53. The number of rotatable bonds is 5. The average Bonchev–Trinajstić information content (AvgIpc) is 2.82. The lowest BCUT2D eigenvalue weighted by molar-refractivity contribution is -0.137. The molecule has 3 rings (SSSR count). The van der Waals surface area contributed by atoms with Gasteiger partial charge in [0.2, 0.25) is 5.91 Å². The van der Waals surface area contributed by atoms with Gasteiger partial charge in [0.05, 0.1) is 0 Å². The summed E-state index contributed by atoms with van der Waals surface area (Å²) in [4.78, 5) is 27.1. The van der Waals surface area contributed by atoms with Crippen molar-refractivity contribution in [2.45, 2.75) is 59.0 Å². The third-order valence-corrected chi connectivity index (χ3v) is 5.88. The fraction of sp³-hybridized carbons (Fsp3) is 0.619. The second kappa shape index (κ2) is 7.34. The van der Waals surface area contributed by atoms with Crippen molar-refractivity contribution in [3.05, 3.63) is 29.3 Å². The van der Waals surface area contributed by atoms with Crippen LogP contribution in [0.15, 0.2) is 24.3 Å². The van der Waals surface area contributed by atoms with E-state index in [1.54, 1.807) is 31.2 Å². The van der Waals surface area contributed by atoms with Crippen molar-refractivity contribution in [3.8, 4) is 5.75 Å². The van der Waals surface area contributed by atoms with Gasteiger partial charge in [-0.3, -0.25) is 9.59 Å². The van der Waals surface area contributed by atoms with Gasteiger partial charge in [-0.15, -0.1) is 0 Å². The molecule has 3 atom stereocenters. The van der Waals surface area contributed by atoms with Crippen molar-refractivity contribution in [1.82, 2.24) is 10.2 Å². The highest BCUT2D eigenvalue weighted by Gasteiger charge is 2.51. The van der Waals surface area contributed by atoms with E-state index in [4.69, 9.17) is 16.3 Å². The van der Waals surface area contributed by atoms with Crippen LogP contribution in [-0.2, 0) is 9.59 Å². The van der Waals surface area contributed by atoms with E-state index in [1.165, 1.54) is 0 Å². The van der Waals surface area contributed by atoms with Gasteiger partial charge >= 0.3 is 0 Å². The molecule has 1 saturated carbocycles. The van der Waals surface area contributed by atoms with Gasteiger partial charge in [0.1, 0.15) is 11.8 Å². The molecule has 1 heterocycles. The van der Waals surface area contributed by atoms with E-state index in [0.717, 1.165) is 25.8 Å². The molecule has 148 valence electrons. The number of benzene rings is 1. The second-order valence-corrected chi connectivity index (χ2v) is 9.65. The predicted molar refractivity (Wildman–Crippen MR) is 106 cm³/mol. The van der Waals surface area contributed by atoms with Gasteiger partial charge in [-0.1, -0.05) is 32.4 Å². The summed E-state index contributed by atoms with van der Waals surface area (Å²) in [6.45, 7) is 9.24. The summed E-state index contributed by atoms with van der Waals surface area (Å²) in [6.07, 6.45) is 3.22. The number of carbonyl (C=O) groups is 2. The molecule has 2 fully saturated rings. The van der Waals surface area contributed by atoms with Gasteiger partial charge in [-0.05, 0) is 61.3 Å². The van der Waals surface area contributed by atoms with Gasteiger partial charge in [-0.2, -0.15) is 0 Å². The van der Waals surface area contributed by atoms with E-state index >= 15 is 0 Å². The summed E-state index contributed by atoms with van der Waals surface area (Å²) in [5.74, 6) is 0.262. The van der Waals surface area contributed by atoms with Gasteiger partial charge in [-0.25, -0.2) is 0 Å². The van der Waals surface area contributed by atoms with Crippen molar-refractivity contribution in [1.29, 1.82) is 0 Å². The number of hydrogen-bond acceptors (Lipinski definition) is 3. The Morgan fingerprint density at radius 2 is 1.93 bits per heavy atom. The lowest BCUT2D eigenvalue weighted by Gasteiger charge is -2.39. The molecule has 2 aliphatic rings. The van der Waals surface area contributed by atoms with E-state index in [1.807, 2.05) is 4.90 Å². The number of amides is 2. The normalized spacial score (nSPS) is 27.1. The zero-order valence-electron chi connectivity index (χ0n) is 16.5. The second-order valence-electron chi connectivity index (χ2n) is 9.21. The third-order valence-electron chi connectivity index (χ3n) is 5.63. The maximum Gasteiger partial charge on any atom is 0.258 e. The van der Waals surface area contributed by atoms with Crippen LogP contribution in [-0.4, -0.2) is 41.9 Å². The summed E-state index contributed by atoms with van der Waals surface area (Å²) in [6, 6.07) is 6.53. The Labute approximate surface area is 166 Å². The Morgan fingerprint density at radius 1 is 1.26 bits per heavy atom. The molecule has 6 heteroatoms. The lowest BCUT2D eigenvalue weighted by Crippen LogP contribution is -2.49. The standard InChI is InChI=1S/C21H29ClN2O3/c1-14(23-18(25)11-27-17-7-5-15(22)6-8-17)19(26)24-13-21(4)10-16(24)9-20(2,3)12-21/h5-8,14,16H,9-13H2,1-4H3,(H,23,25). The zero-order chi connectivity index (χ0) is 19.8. The molecule has 1 saturated heterocycles. The molecule has 1 N–H and O–H groups in total. The monoisotopic (exact) mass is 392 g/mol. The lowest BCUT2D eigenvalue weighted by atomic mass is 9.65. The van der Waals surface area contributed by atoms with E-state index in [-0.39, 0.29) is 35.3 Å². The largest absolute Gasteiger partial charge is 0.484 e. The Hall–Kier alpha value is -1.75. The number of hydrogen-bond donors (Lipinski definition) is 1. The summed E-state index contributed by atoms with van der Waals surface area (Å²) in [5.41, 5.74) is 0.440. The number of nitrogens with one attached hydrogen (secondary N) is 1. The van der Waals surface area contributed by atoms with Crippen LogP contribution in [0.2, 0.25) is 5.02 Å². The highest BCUT2D eigenvalue weighted by Crippen LogP contribution is 2.52. The summed E-state index contributed by atoms with van der Waals surface area (Å²) in [5, 5.41) is 3.38. The van der Waals surface area contributed by atoms with Crippen LogP contribution in [0.3, 0.4) is 0 Å². The maximum atomic E-state index is 12.9. The molecular weight excluding hydrogens is 364 g/mol. The number of nitrogens with zero attached hydrogens (tertiary/aromatic N) is 1. The minimum atomic E-state index is -0.558. The highest BCUT2D eigenvalue weighted by molar-refractivity contribution is 6.30. The first-order chi connectivity index (χ1) is 12.6. The number of carbonyl (C=O) groups excluding carboxylic acids is 2. The first-order valence-corrected chi connectivity index (χ1v) is 9.93. The Bertz CT molecular complexity index is 719. The fourth-order valence-electron chi connectivity index (χ4n) is 4.99. The summed E-state index contributed by atoms with van der Waals surface area (Å²) in [7, 11) is 0. The van der Waals surface area contributed by atoms with Crippen LogP contribution in [0.1, 0.15) is 47.0 Å². The van der Waals surface area contributed by atoms with Gasteiger partial charge in [0, 0.05) is 17.6 Å². The van der Waals surface area contributed by atoms with E-state index < -0.39 is 6.04 Å². The van der Waals surface area contributed by atoms with Crippen LogP contribution < -0.4 is 10.1 Å². The molecule has 0 aromatic heterocycles. The van der Waals surface area contributed by atoms with Crippen molar-refractivity contribution in [3.63, 3.8) is 0 Å². The quantitative estimate of drug-likeness (QED) is 0.832. The molecule has 2 bridgehead atoms. The molecular formula is C21H29ClN2O3. The van der Waals surface area contributed by atoms with Crippen LogP contribution >= 0.6 is 11.6 Å². The molecule has 0 spiro atoms. The van der Waals surface area contributed by atoms with Gasteiger partial charge in [0.25, 0.3) is 5.91 Å². The molecule has 1 aromatic rings. The minimum absolute atomic E-state index is 0.00117. The van der Waals surface area contributed by atoms with Gasteiger partial charge < -0.3 is 15.0 Å². The molecule has 1 aromatic carbocycles. The number of likely N-dealkylation sites (tertiary alicyclic amines) is 1. The number of halogens is 1. The highest BCUT2D eigenvalue weighted by atomic mass is 35.5. The Morgan fingerprint density at radius 3 is 2.59 bits per heavy atom. The first kappa shape index (κ1) is 20.0. The van der Waals surface area contributed by atoms with E-state index in [9.17, 15) is 9.59 Å². The molecule has 5 nitrogen and oxygen atoms in total. The molecule has 1 aliphatic carbocycles. The van der Waals surface area contributed by atoms with Gasteiger partial charge in [0.15, 0.2) is 6.61 Å². The van der Waals surface area contributed by atoms with Crippen molar-refractivity contribution in [2.24, 2.45) is 10.8 Å². The summed E-state index contributed by atoms with van der Waals surface area (Å²) < 4.78 is 5.45. The van der Waals surface area contributed by atoms with Crippen molar-refractivity contribution < 1.29 is 14.3 Å². The third kappa shape index (κ3) is 4.75. The number of ether oxygens (including phenoxy) is 1. The Kier molecular flexibility index (Phi) is 5.44. The van der Waals surface area contributed by atoms with Crippen LogP contribution in [0.25, 0.3) is 0 Å². The predicted octanol–water partition coefficient (Wildman–Crippen LogP) is 3.65. The average molecular weight is 393 g/mol. The van der Waals surface area contributed by atoms with Crippen LogP contribution in [0.4, 0.5) is 0 Å². The van der Waals surface area contributed by atoms with Crippen molar-refractivity contribution >= 4 is 23.4 Å². The molecule has 0 radical (unpaired) electrons. The molecule has 2 amide bonds. The minimum Gasteiger partial charge on any atom is -0.484 e. The SMILES string of the molecule is CC(NC(=O)COc1ccc(Cl)cc1)C(=O)N1CC2(C)CC1CC(C)(C)C2. The smallest absolute Gasteiger partial charge is 0.258 e. The van der Waals surface area contributed by atoms with Crippen molar-refractivity contribution in [2.75, 3.05) is 13.2 Å². The molecule has 27 heavy (non-hydrogen) atoms. The van der Waals surface area contributed by atoms with E-state index in [2.05, 4.69) is 26.1 Å². The molecule has 3 unspecified atom stereocenters. The molecule has 1 aliphatic heterocycles.